The molecule has 1 rings (SSSR count). The summed E-state index contributed by atoms with van der Waals surface area (Å²) in [6.45, 7) is 5.50. The third kappa shape index (κ3) is 4.79. The van der Waals surface area contributed by atoms with Gasteiger partial charge < -0.3 is 9.47 Å². The van der Waals surface area contributed by atoms with E-state index in [1.807, 2.05) is 6.92 Å². The minimum Gasteiger partial charge on any atom is -0.378 e. The molecule has 3 atom stereocenters. The standard InChI is InChI=1S/C13H25FO2/c1-3-5-6-9-16-13-8-7-11(15-4-2)10-12(13)14/h11-13H,3-10H2,1-2H3. The highest BCUT2D eigenvalue weighted by atomic mass is 19.1. The second-order valence-electron chi connectivity index (χ2n) is 4.52. The van der Waals surface area contributed by atoms with E-state index in [4.69, 9.17) is 9.47 Å². The van der Waals surface area contributed by atoms with Crippen molar-refractivity contribution in [3.8, 4) is 0 Å². The number of unbranched alkanes of at least 4 members (excludes halogenated alkanes) is 2. The highest BCUT2D eigenvalue weighted by Gasteiger charge is 2.31. The molecule has 3 unspecified atom stereocenters. The number of halogens is 1. The number of alkyl halides is 1. The van der Waals surface area contributed by atoms with Crippen LogP contribution in [-0.4, -0.2) is 31.6 Å². The first-order chi connectivity index (χ1) is 7.77. The normalized spacial score (nSPS) is 30.6. The van der Waals surface area contributed by atoms with Gasteiger partial charge in [-0.05, 0) is 26.2 Å². The van der Waals surface area contributed by atoms with Crippen molar-refractivity contribution in [2.75, 3.05) is 13.2 Å². The fraction of sp³-hybridized carbons (Fsp3) is 1.00. The summed E-state index contributed by atoms with van der Waals surface area (Å²) in [5, 5.41) is 0. The molecule has 1 aliphatic rings. The molecule has 3 heteroatoms. The lowest BCUT2D eigenvalue weighted by Crippen LogP contribution is -2.36. The van der Waals surface area contributed by atoms with Crippen LogP contribution >= 0.6 is 0 Å². The Balaban J connectivity index is 2.15. The SMILES string of the molecule is CCCCCOC1CCC(OCC)CC1F. The lowest BCUT2D eigenvalue weighted by molar-refractivity contribution is -0.0718. The quantitative estimate of drug-likeness (QED) is 0.626. The molecule has 0 aromatic rings. The Bertz CT molecular complexity index is 173. The van der Waals surface area contributed by atoms with Gasteiger partial charge in [-0.2, -0.15) is 0 Å². The molecule has 1 saturated carbocycles. The third-order valence-corrected chi connectivity index (χ3v) is 3.15. The molecule has 0 aliphatic heterocycles. The molecule has 0 heterocycles. The number of hydrogen-bond donors (Lipinski definition) is 0. The Kier molecular flexibility index (Phi) is 6.97. The molecule has 0 radical (unpaired) electrons. The monoisotopic (exact) mass is 232 g/mol. The number of rotatable bonds is 7. The maximum absolute atomic E-state index is 13.7. The summed E-state index contributed by atoms with van der Waals surface area (Å²) in [5.41, 5.74) is 0. The van der Waals surface area contributed by atoms with Gasteiger partial charge in [-0.1, -0.05) is 19.8 Å². The summed E-state index contributed by atoms with van der Waals surface area (Å²) in [4.78, 5) is 0. The summed E-state index contributed by atoms with van der Waals surface area (Å²) in [6, 6.07) is 0. The molecule has 1 aliphatic carbocycles. The Morgan fingerprint density at radius 3 is 2.56 bits per heavy atom. The summed E-state index contributed by atoms with van der Waals surface area (Å²) < 4.78 is 24.8. The number of ether oxygens (including phenoxy) is 2. The van der Waals surface area contributed by atoms with Gasteiger partial charge in [0.05, 0.1) is 12.2 Å². The molecule has 0 spiro atoms. The topological polar surface area (TPSA) is 18.5 Å². The lowest BCUT2D eigenvalue weighted by Gasteiger charge is -2.31. The Hall–Kier alpha value is -0.150. The molecule has 0 amide bonds. The molecule has 0 bridgehead atoms. The first kappa shape index (κ1) is 13.9. The maximum Gasteiger partial charge on any atom is 0.129 e. The average Bonchev–Trinajstić information content (AvgIpc) is 2.27. The summed E-state index contributed by atoms with van der Waals surface area (Å²) in [5.74, 6) is 0. The zero-order chi connectivity index (χ0) is 11.8. The molecule has 96 valence electrons. The van der Waals surface area contributed by atoms with E-state index in [1.165, 1.54) is 12.8 Å². The molecule has 2 nitrogen and oxygen atoms in total. The second-order valence-corrected chi connectivity index (χ2v) is 4.52. The van der Waals surface area contributed by atoms with Crippen LogP contribution in [0.3, 0.4) is 0 Å². The Labute approximate surface area is 98.5 Å². The molecule has 0 N–H and O–H groups in total. The highest BCUT2D eigenvalue weighted by Crippen LogP contribution is 2.26. The van der Waals surface area contributed by atoms with Crippen LogP contribution in [0.4, 0.5) is 4.39 Å². The zero-order valence-electron chi connectivity index (χ0n) is 10.6. The van der Waals surface area contributed by atoms with E-state index in [1.54, 1.807) is 0 Å². The van der Waals surface area contributed by atoms with Crippen LogP contribution in [0.1, 0.15) is 52.4 Å². The Morgan fingerprint density at radius 2 is 1.94 bits per heavy atom. The van der Waals surface area contributed by atoms with Gasteiger partial charge in [0.25, 0.3) is 0 Å². The minimum absolute atomic E-state index is 0.107. The van der Waals surface area contributed by atoms with E-state index in [0.29, 0.717) is 19.6 Å². The molecule has 0 aromatic heterocycles. The van der Waals surface area contributed by atoms with Gasteiger partial charge in [0, 0.05) is 19.6 Å². The van der Waals surface area contributed by atoms with Crippen LogP contribution < -0.4 is 0 Å². The third-order valence-electron chi connectivity index (χ3n) is 3.15. The predicted octanol–water partition coefficient (Wildman–Crippen LogP) is 3.49. The van der Waals surface area contributed by atoms with E-state index in [-0.39, 0.29) is 12.2 Å². The lowest BCUT2D eigenvalue weighted by atomic mass is 9.93. The molecule has 0 aromatic carbocycles. The molecular weight excluding hydrogens is 207 g/mol. The van der Waals surface area contributed by atoms with Crippen molar-refractivity contribution in [2.45, 2.75) is 70.8 Å². The van der Waals surface area contributed by atoms with Gasteiger partial charge in [-0.3, -0.25) is 0 Å². The predicted molar refractivity (Wildman–Crippen MR) is 63.4 cm³/mol. The summed E-state index contributed by atoms with van der Waals surface area (Å²) in [6.07, 6.45) is 4.73. The van der Waals surface area contributed by atoms with E-state index < -0.39 is 6.17 Å². The van der Waals surface area contributed by atoms with Crippen molar-refractivity contribution >= 4 is 0 Å². The van der Waals surface area contributed by atoms with Crippen molar-refractivity contribution in [1.29, 1.82) is 0 Å². The zero-order valence-corrected chi connectivity index (χ0v) is 10.6. The molecule has 0 saturated heterocycles. The van der Waals surface area contributed by atoms with E-state index in [9.17, 15) is 4.39 Å². The van der Waals surface area contributed by atoms with Crippen molar-refractivity contribution in [1.82, 2.24) is 0 Å². The van der Waals surface area contributed by atoms with Gasteiger partial charge in [0.1, 0.15) is 6.17 Å². The largest absolute Gasteiger partial charge is 0.378 e. The van der Waals surface area contributed by atoms with Crippen LogP contribution in [0.2, 0.25) is 0 Å². The first-order valence-corrected chi connectivity index (χ1v) is 6.65. The molecule has 1 fully saturated rings. The fourth-order valence-corrected chi connectivity index (χ4v) is 2.21. The van der Waals surface area contributed by atoms with Crippen molar-refractivity contribution in [3.63, 3.8) is 0 Å². The fourth-order valence-electron chi connectivity index (χ4n) is 2.21. The van der Waals surface area contributed by atoms with Crippen molar-refractivity contribution < 1.29 is 13.9 Å². The van der Waals surface area contributed by atoms with Crippen LogP contribution in [0.25, 0.3) is 0 Å². The van der Waals surface area contributed by atoms with Crippen molar-refractivity contribution in [2.24, 2.45) is 0 Å². The van der Waals surface area contributed by atoms with Crippen LogP contribution in [0.5, 0.6) is 0 Å². The van der Waals surface area contributed by atoms with E-state index in [2.05, 4.69) is 6.92 Å². The van der Waals surface area contributed by atoms with Gasteiger partial charge in [0.15, 0.2) is 0 Å². The van der Waals surface area contributed by atoms with Gasteiger partial charge >= 0.3 is 0 Å². The van der Waals surface area contributed by atoms with Gasteiger partial charge in [-0.25, -0.2) is 4.39 Å². The summed E-state index contributed by atoms with van der Waals surface area (Å²) in [7, 11) is 0. The molecule has 16 heavy (non-hydrogen) atoms. The molecular formula is C13H25FO2. The smallest absolute Gasteiger partial charge is 0.129 e. The highest BCUT2D eigenvalue weighted by molar-refractivity contribution is 4.81. The van der Waals surface area contributed by atoms with Crippen LogP contribution in [0.15, 0.2) is 0 Å². The maximum atomic E-state index is 13.7. The van der Waals surface area contributed by atoms with Crippen LogP contribution in [-0.2, 0) is 9.47 Å². The average molecular weight is 232 g/mol. The first-order valence-electron chi connectivity index (χ1n) is 6.65. The second kappa shape index (κ2) is 8.02. The van der Waals surface area contributed by atoms with Gasteiger partial charge in [-0.15, -0.1) is 0 Å². The van der Waals surface area contributed by atoms with Gasteiger partial charge in [0.2, 0.25) is 0 Å². The summed E-state index contributed by atoms with van der Waals surface area (Å²) >= 11 is 0. The van der Waals surface area contributed by atoms with E-state index >= 15 is 0 Å². The van der Waals surface area contributed by atoms with Crippen molar-refractivity contribution in [3.05, 3.63) is 0 Å². The van der Waals surface area contributed by atoms with Crippen LogP contribution in [0, 0.1) is 0 Å². The number of hydrogen-bond acceptors (Lipinski definition) is 2. The minimum atomic E-state index is -0.841. The Morgan fingerprint density at radius 1 is 1.12 bits per heavy atom. The van der Waals surface area contributed by atoms with E-state index in [0.717, 1.165) is 19.3 Å².